The van der Waals surface area contributed by atoms with Gasteiger partial charge in [-0.15, -0.1) is 5.10 Å². The van der Waals surface area contributed by atoms with E-state index in [2.05, 4.69) is 15.5 Å². The minimum atomic E-state index is -0.209. The van der Waals surface area contributed by atoms with Crippen molar-refractivity contribution in [3.05, 3.63) is 35.7 Å². The Labute approximate surface area is 158 Å². The highest BCUT2D eigenvalue weighted by atomic mass is 16.5. The molecule has 4 bridgehead atoms. The number of hydrogen-bond donors (Lipinski definition) is 1. The van der Waals surface area contributed by atoms with Crippen LogP contribution < -0.4 is 10.1 Å². The summed E-state index contributed by atoms with van der Waals surface area (Å²) in [6.45, 7) is 0. The molecule has 1 N–H and O–H groups in total. The fraction of sp³-hybridized carbons (Fsp3) is 0.571. The maximum absolute atomic E-state index is 13.1. The van der Waals surface area contributed by atoms with Crippen LogP contribution in [0.15, 0.2) is 28.7 Å². The molecule has 4 aliphatic rings. The molecule has 142 valence electrons. The number of ether oxygens (including phenoxy) is 1. The smallest absolute Gasteiger partial charge is 0.322 e. The second-order valence-corrected chi connectivity index (χ2v) is 8.68. The number of nitrogens with zero attached hydrogens (tertiary/aromatic N) is 2. The van der Waals surface area contributed by atoms with Crippen LogP contribution in [0.4, 0.5) is 6.01 Å². The molecular weight excluding hydrogens is 342 g/mol. The van der Waals surface area contributed by atoms with Crippen LogP contribution >= 0.6 is 0 Å². The van der Waals surface area contributed by atoms with Gasteiger partial charge in [-0.05, 0) is 74.0 Å². The first-order valence-corrected chi connectivity index (χ1v) is 9.89. The van der Waals surface area contributed by atoms with Gasteiger partial charge in [-0.25, -0.2) is 0 Å². The van der Waals surface area contributed by atoms with Gasteiger partial charge >= 0.3 is 6.01 Å². The van der Waals surface area contributed by atoms with Crippen molar-refractivity contribution in [3.8, 4) is 5.75 Å². The second kappa shape index (κ2) is 6.36. The number of benzene rings is 1. The van der Waals surface area contributed by atoms with E-state index in [1.807, 2.05) is 24.3 Å². The zero-order valence-electron chi connectivity index (χ0n) is 15.6. The van der Waals surface area contributed by atoms with Gasteiger partial charge < -0.3 is 9.15 Å². The zero-order valence-corrected chi connectivity index (χ0v) is 15.6. The first kappa shape index (κ1) is 16.8. The van der Waals surface area contributed by atoms with Gasteiger partial charge in [0.1, 0.15) is 5.75 Å². The molecule has 0 saturated heterocycles. The molecule has 4 fully saturated rings. The average molecular weight is 367 g/mol. The van der Waals surface area contributed by atoms with E-state index >= 15 is 0 Å². The molecule has 1 amide bonds. The predicted molar refractivity (Wildman–Crippen MR) is 99.3 cm³/mol. The Morgan fingerprint density at radius 1 is 1.11 bits per heavy atom. The highest BCUT2D eigenvalue weighted by Crippen LogP contribution is 2.60. The highest BCUT2D eigenvalue weighted by molar-refractivity contribution is 5.94. The molecular formula is C21H25N3O3. The van der Waals surface area contributed by atoms with Gasteiger partial charge in [0.05, 0.1) is 18.9 Å². The van der Waals surface area contributed by atoms with Crippen molar-refractivity contribution >= 4 is 11.9 Å². The van der Waals surface area contributed by atoms with E-state index in [9.17, 15) is 4.79 Å². The summed E-state index contributed by atoms with van der Waals surface area (Å²) in [6.07, 6.45) is 7.56. The van der Waals surface area contributed by atoms with Crippen molar-refractivity contribution < 1.29 is 13.9 Å². The van der Waals surface area contributed by atoms with E-state index in [-0.39, 0.29) is 17.3 Å². The summed E-state index contributed by atoms with van der Waals surface area (Å²) in [5.41, 5.74) is 0.845. The van der Waals surface area contributed by atoms with Crippen LogP contribution in [0.3, 0.4) is 0 Å². The van der Waals surface area contributed by atoms with Crippen LogP contribution in [-0.4, -0.2) is 23.2 Å². The average Bonchev–Trinajstić information content (AvgIpc) is 3.08. The van der Waals surface area contributed by atoms with E-state index < -0.39 is 0 Å². The second-order valence-electron chi connectivity index (χ2n) is 8.68. The monoisotopic (exact) mass is 367 g/mol. The van der Waals surface area contributed by atoms with Gasteiger partial charge in [0.15, 0.2) is 0 Å². The first-order chi connectivity index (χ1) is 13.1. The lowest BCUT2D eigenvalue weighted by atomic mass is 9.49. The Morgan fingerprint density at radius 2 is 1.74 bits per heavy atom. The maximum Gasteiger partial charge on any atom is 0.322 e. The molecule has 4 aliphatic carbocycles. The van der Waals surface area contributed by atoms with Crippen LogP contribution in [0.25, 0.3) is 0 Å². The number of rotatable bonds is 5. The maximum atomic E-state index is 13.1. The molecule has 6 nitrogen and oxygen atoms in total. The lowest BCUT2D eigenvalue weighted by molar-refractivity contribution is -0.140. The minimum absolute atomic E-state index is 0.0845. The lowest BCUT2D eigenvalue weighted by Crippen LogP contribution is -2.51. The molecule has 2 aromatic rings. The van der Waals surface area contributed by atoms with Gasteiger partial charge in [0.25, 0.3) is 0 Å². The Morgan fingerprint density at radius 3 is 2.33 bits per heavy atom. The Kier molecular flexibility index (Phi) is 3.95. The van der Waals surface area contributed by atoms with Crippen molar-refractivity contribution in [1.29, 1.82) is 0 Å². The number of carbonyl (C=O) groups is 1. The third kappa shape index (κ3) is 3.11. The van der Waals surface area contributed by atoms with Crippen molar-refractivity contribution in [2.45, 2.75) is 44.9 Å². The van der Waals surface area contributed by atoms with E-state index in [1.54, 1.807) is 7.11 Å². The molecule has 1 aromatic carbocycles. The normalized spacial score (nSPS) is 31.1. The molecule has 1 aromatic heterocycles. The van der Waals surface area contributed by atoms with E-state index in [1.165, 1.54) is 19.3 Å². The molecule has 0 aliphatic heterocycles. The lowest BCUT2D eigenvalue weighted by Gasteiger charge is -2.55. The van der Waals surface area contributed by atoms with Crippen molar-refractivity contribution in [3.63, 3.8) is 0 Å². The molecule has 27 heavy (non-hydrogen) atoms. The first-order valence-electron chi connectivity index (χ1n) is 9.89. The Bertz CT molecular complexity index is 807. The largest absolute Gasteiger partial charge is 0.497 e. The van der Waals surface area contributed by atoms with Crippen LogP contribution in [0.5, 0.6) is 5.75 Å². The summed E-state index contributed by atoms with van der Waals surface area (Å²) < 4.78 is 10.9. The molecule has 6 rings (SSSR count). The summed E-state index contributed by atoms with van der Waals surface area (Å²) in [6, 6.07) is 7.97. The van der Waals surface area contributed by atoms with E-state index in [0.717, 1.165) is 48.3 Å². The zero-order chi connectivity index (χ0) is 18.4. The van der Waals surface area contributed by atoms with Gasteiger partial charge in [0, 0.05) is 0 Å². The molecule has 4 saturated carbocycles. The number of aromatic nitrogens is 2. The van der Waals surface area contributed by atoms with Crippen molar-refractivity contribution in [1.82, 2.24) is 10.2 Å². The van der Waals surface area contributed by atoms with Crippen LogP contribution in [0.2, 0.25) is 0 Å². The minimum Gasteiger partial charge on any atom is -0.497 e. The van der Waals surface area contributed by atoms with Crippen molar-refractivity contribution in [2.75, 3.05) is 12.4 Å². The number of amides is 1. The number of carbonyl (C=O) groups excluding carboxylic acids is 1. The fourth-order valence-electron chi connectivity index (χ4n) is 5.91. The SMILES string of the molecule is COc1ccc(Cc2nnc(NC(=O)C34CC5CC(CC(C5)C3)C4)o2)cc1. The van der Waals surface area contributed by atoms with Crippen LogP contribution in [0.1, 0.15) is 50.0 Å². The molecule has 0 atom stereocenters. The topological polar surface area (TPSA) is 77.3 Å². The van der Waals surface area contributed by atoms with Crippen molar-refractivity contribution in [2.24, 2.45) is 23.2 Å². The molecule has 1 heterocycles. The Balaban J connectivity index is 1.26. The predicted octanol–water partition coefficient (Wildman–Crippen LogP) is 3.82. The Hall–Kier alpha value is -2.37. The van der Waals surface area contributed by atoms with Crippen LogP contribution in [0, 0.1) is 23.2 Å². The van der Waals surface area contributed by atoms with Gasteiger partial charge in [-0.1, -0.05) is 17.2 Å². The third-order valence-corrected chi connectivity index (χ3v) is 6.72. The summed E-state index contributed by atoms with van der Waals surface area (Å²) >= 11 is 0. The van der Waals surface area contributed by atoms with Gasteiger partial charge in [0.2, 0.25) is 11.8 Å². The van der Waals surface area contributed by atoms with Gasteiger partial charge in [-0.3, -0.25) is 10.1 Å². The summed E-state index contributed by atoms with van der Waals surface area (Å²) in [5, 5.41) is 11.1. The standard InChI is InChI=1S/C21H25N3O3/c1-26-17-4-2-13(3-5-17)9-18-23-24-20(27-18)22-19(25)21-10-14-6-15(11-21)8-16(7-14)12-21/h2-5,14-16H,6-12H2,1H3,(H,22,24,25). The number of anilines is 1. The quantitative estimate of drug-likeness (QED) is 0.869. The number of nitrogens with one attached hydrogen (secondary N) is 1. The van der Waals surface area contributed by atoms with Crippen LogP contribution in [-0.2, 0) is 11.2 Å². The van der Waals surface area contributed by atoms with Gasteiger partial charge in [-0.2, -0.15) is 0 Å². The number of hydrogen-bond acceptors (Lipinski definition) is 5. The summed E-state index contributed by atoms with van der Waals surface area (Å²) in [4.78, 5) is 13.1. The summed E-state index contributed by atoms with van der Waals surface area (Å²) in [7, 11) is 1.64. The van der Waals surface area contributed by atoms with E-state index in [0.29, 0.717) is 12.3 Å². The highest BCUT2D eigenvalue weighted by Gasteiger charge is 2.54. The fourth-order valence-corrected chi connectivity index (χ4v) is 5.91. The molecule has 6 heteroatoms. The third-order valence-electron chi connectivity index (χ3n) is 6.72. The number of methoxy groups -OCH3 is 1. The molecule has 0 spiro atoms. The molecule has 0 unspecified atom stereocenters. The van der Waals surface area contributed by atoms with E-state index in [4.69, 9.17) is 9.15 Å². The summed E-state index contributed by atoms with van der Waals surface area (Å²) in [5.74, 6) is 3.59. The molecule has 0 radical (unpaired) electrons.